The lowest BCUT2D eigenvalue weighted by Crippen LogP contribution is -2.51. The highest BCUT2D eigenvalue weighted by atomic mass is 16.2. The Morgan fingerprint density at radius 3 is 2.55 bits per heavy atom. The highest BCUT2D eigenvalue weighted by molar-refractivity contribution is 6.21. The smallest absolute Gasteiger partial charge is 0.280 e. The molecule has 2 aliphatic heterocycles. The molecule has 1 saturated heterocycles. The van der Waals surface area contributed by atoms with Crippen LogP contribution in [0.4, 0.5) is 0 Å². The first-order valence-corrected chi connectivity index (χ1v) is 7.43. The van der Waals surface area contributed by atoms with Gasteiger partial charge in [0.15, 0.2) is 0 Å². The minimum absolute atomic E-state index is 0.135. The molecule has 1 aromatic heterocycles. The molecular formula is C15H18N4O3. The zero-order valence-corrected chi connectivity index (χ0v) is 12.5. The first kappa shape index (κ1) is 14.6. The van der Waals surface area contributed by atoms with Gasteiger partial charge < -0.3 is 9.80 Å². The maximum Gasteiger partial charge on any atom is 0.280 e. The van der Waals surface area contributed by atoms with E-state index in [1.165, 1.54) is 6.20 Å². The molecule has 22 heavy (non-hydrogen) atoms. The fraction of sp³-hybridized carbons (Fsp3) is 0.467. The van der Waals surface area contributed by atoms with Gasteiger partial charge in [-0.25, -0.2) is 0 Å². The summed E-state index contributed by atoms with van der Waals surface area (Å²) in [6.45, 7) is 5.76. The van der Waals surface area contributed by atoms with Crippen LogP contribution in [0, 0.1) is 0 Å². The molecule has 0 radical (unpaired) electrons. The fourth-order valence-electron chi connectivity index (χ4n) is 2.81. The van der Waals surface area contributed by atoms with E-state index in [0.29, 0.717) is 13.1 Å². The van der Waals surface area contributed by atoms with Crippen molar-refractivity contribution in [2.45, 2.75) is 6.92 Å². The van der Waals surface area contributed by atoms with E-state index < -0.39 is 11.8 Å². The van der Waals surface area contributed by atoms with Crippen molar-refractivity contribution >= 4 is 17.7 Å². The molecule has 3 rings (SSSR count). The van der Waals surface area contributed by atoms with E-state index in [9.17, 15) is 14.4 Å². The third-order valence-corrected chi connectivity index (χ3v) is 4.20. The second kappa shape index (κ2) is 5.84. The van der Waals surface area contributed by atoms with Crippen LogP contribution in [0.25, 0.3) is 0 Å². The minimum atomic E-state index is -0.485. The third kappa shape index (κ3) is 2.48. The molecule has 0 aromatic carbocycles. The van der Waals surface area contributed by atoms with E-state index in [1.807, 2.05) is 0 Å². The number of fused-ring (bicyclic) bond motifs is 1. The van der Waals surface area contributed by atoms with Crippen molar-refractivity contribution in [1.82, 2.24) is 19.7 Å². The summed E-state index contributed by atoms with van der Waals surface area (Å²) in [7, 11) is 0. The summed E-state index contributed by atoms with van der Waals surface area (Å²) < 4.78 is 0. The normalized spacial score (nSPS) is 18.8. The number of piperazine rings is 1. The van der Waals surface area contributed by atoms with Crippen LogP contribution in [0.15, 0.2) is 18.3 Å². The van der Waals surface area contributed by atoms with E-state index in [1.54, 1.807) is 17.0 Å². The lowest BCUT2D eigenvalue weighted by atomic mass is 10.2. The van der Waals surface area contributed by atoms with Gasteiger partial charge in [0.1, 0.15) is 12.2 Å². The number of likely N-dealkylation sites (N-methyl/N-ethyl adjacent to an activating group) is 1. The topological polar surface area (TPSA) is 73.8 Å². The van der Waals surface area contributed by atoms with Gasteiger partial charge >= 0.3 is 0 Å². The van der Waals surface area contributed by atoms with Crippen LogP contribution in [0.5, 0.6) is 0 Å². The van der Waals surface area contributed by atoms with E-state index in [0.717, 1.165) is 24.5 Å². The Morgan fingerprint density at radius 2 is 1.91 bits per heavy atom. The summed E-state index contributed by atoms with van der Waals surface area (Å²) in [5, 5.41) is 0. The predicted molar refractivity (Wildman–Crippen MR) is 78.3 cm³/mol. The number of imide groups is 1. The predicted octanol–water partition coefficient (Wildman–Crippen LogP) is -0.158. The van der Waals surface area contributed by atoms with Crippen LogP contribution in [0.2, 0.25) is 0 Å². The van der Waals surface area contributed by atoms with Gasteiger partial charge in [0.2, 0.25) is 5.91 Å². The van der Waals surface area contributed by atoms with Crippen LogP contribution >= 0.6 is 0 Å². The number of carbonyl (C=O) groups excluding carboxylic acids is 3. The van der Waals surface area contributed by atoms with E-state index >= 15 is 0 Å². The quantitative estimate of drug-likeness (QED) is 0.726. The first-order chi connectivity index (χ1) is 10.6. The van der Waals surface area contributed by atoms with Gasteiger partial charge in [-0.2, -0.15) is 0 Å². The molecular weight excluding hydrogens is 284 g/mol. The summed E-state index contributed by atoms with van der Waals surface area (Å²) in [5.74, 6) is -1.11. The summed E-state index contributed by atoms with van der Waals surface area (Å²) in [6, 6.07) is 3.17. The van der Waals surface area contributed by atoms with Gasteiger partial charge in [-0.05, 0) is 18.7 Å². The Kier molecular flexibility index (Phi) is 3.89. The monoisotopic (exact) mass is 302 g/mol. The van der Waals surface area contributed by atoms with Crippen molar-refractivity contribution < 1.29 is 14.4 Å². The van der Waals surface area contributed by atoms with Crippen molar-refractivity contribution in [3.63, 3.8) is 0 Å². The van der Waals surface area contributed by atoms with E-state index in [4.69, 9.17) is 0 Å². The fourth-order valence-corrected chi connectivity index (χ4v) is 2.81. The Labute approximate surface area is 128 Å². The molecule has 7 nitrogen and oxygen atoms in total. The standard InChI is InChI=1S/C15H18N4O3/c1-2-17-6-8-18(9-7-17)12(20)10-19-14(21)11-4-3-5-16-13(11)15(19)22/h3-5H,2,6-10H2,1H3. The summed E-state index contributed by atoms with van der Waals surface area (Å²) in [5.41, 5.74) is 0.409. The van der Waals surface area contributed by atoms with Crippen molar-refractivity contribution in [3.8, 4) is 0 Å². The zero-order valence-electron chi connectivity index (χ0n) is 12.5. The molecule has 3 amide bonds. The summed E-state index contributed by atoms with van der Waals surface area (Å²) >= 11 is 0. The molecule has 3 heterocycles. The van der Waals surface area contributed by atoms with Crippen molar-refractivity contribution in [1.29, 1.82) is 0 Å². The van der Waals surface area contributed by atoms with Gasteiger partial charge in [-0.3, -0.25) is 24.3 Å². The molecule has 116 valence electrons. The SMILES string of the molecule is CCN1CCN(C(=O)CN2C(=O)c3cccnc3C2=O)CC1. The van der Waals surface area contributed by atoms with Crippen LogP contribution < -0.4 is 0 Å². The molecule has 0 saturated carbocycles. The van der Waals surface area contributed by atoms with Crippen LogP contribution in [0.3, 0.4) is 0 Å². The summed E-state index contributed by atoms with van der Waals surface area (Å²) in [6.07, 6.45) is 1.47. The molecule has 1 fully saturated rings. The minimum Gasteiger partial charge on any atom is -0.339 e. The van der Waals surface area contributed by atoms with Crippen molar-refractivity contribution in [2.24, 2.45) is 0 Å². The molecule has 2 aliphatic rings. The number of pyridine rings is 1. The number of carbonyl (C=O) groups is 3. The lowest BCUT2D eigenvalue weighted by Gasteiger charge is -2.34. The highest BCUT2D eigenvalue weighted by Gasteiger charge is 2.38. The molecule has 0 N–H and O–H groups in total. The average Bonchev–Trinajstić information content (AvgIpc) is 2.80. The Bertz CT molecular complexity index is 588. The van der Waals surface area contributed by atoms with Crippen LogP contribution in [-0.2, 0) is 4.79 Å². The Balaban J connectivity index is 1.66. The molecule has 0 spiro atoms. The van der Waals surface area contributed by atoms with Gasteiger partial charge in [-0.1, -0.05) is 6.92 Å². The average molecular weight is 302 g/mol. The molecule has 0 atom stereocenters. The Hall–Kier alpha value is -2.28. The molecule has 0 bridgehead atoms. The number of rotatable bonds is 3. The molecule has 0 unspecified atom stereocenters. The number of hydrogen-bond donors (Lipinski definition) is 0. The zero-order chi connectivity index (χ0) is 15.7. The molecule has 7 heteroatoms. The molecule has 1 aromatic rings. The van der Waals surface area contributed by atoms with Gasteiger partial charge in [0, 0.05) is 32.4 Å². The number of amides is 3. The van der Waals surface area contributed by atoms with Crippen LogP contribution in [0.1, 0.15) is 27.8 Å². The second-order valence-electron chi connectivity index (χ2n) is 5.41. The van der Waals surface area contributed by atoms with Crippen molar-refractivity contribution in [2.75, 3.05) is 39.3 Å². The maximum atomic E-state index is 12.3. The molecule has 0 aliphatic carbocycles. The number of aromatic nitrogens is 1. The third-order valence-electron chi connectivity index (χ3n) is 4.20. The van der Waals surface area contributed by atoms with E-state index in [2.05, 4.69) is 16.8 Å². The lowest BCUT2D eigenvalue weighted by molar-refractivity contribution is -0.133. The van der Waals surface area contributed by atoms with Crippen LogP contribution in [-0.4, -0.2) is 76.7 Å². The summed E-state index contributed by atoms with van der Waals surface area (Å²) in [4.78, 5) is 45.6. The number of nitrogens with zero attached hydrogens (tertiary/aromatic N) is 4. The van der Waals surface area contributed by atoms with Crippen molar-refractivity contribution in [3.05, 3.63) is 29.6 Å². The number of hydrogen-bond acceptors (Lipinski definition) is 5. The van der Waals surface area contributed by atoms with Gasteiger partial charge in [0.25, 0.3) is 11.8 Å². The van der Waals surface area contributed by atoms with Gasteiger partial charge in [0.05, 0.1) is 5.56 Å². The second-order valence-corrected chi connectivity index (χ2v) is 5.41. The largest absolute Gasteiger partial charge is 0.339 e. The first-order valence-electron chi connectivity index (χ1n) is 7.43. The maximum absolute atomic E-state index is 12.3. The Morgan fingerprint density at radius 1 is 1.18 bits per heavy atom. The van der Waals surface area contributed by atoms with E-state index in [-0.39, 0.29) is 23.7 Å². The highest BCUT2D eigenvalue weighted by Crippen LogP contribution is 2.20. The van der Waals surface area contributed by atoms with Gasteiger partial charge in [-0.15, -0.1) is 0 Å².